The summed E-state index contributed by atoms with van der Waals surface area (Å²) in [7, 11) is 0. The van der Waals surface area contributed by atoms with E-state index >= 15 is 0 Å². The first-order valence-electron chi connectivity index (χ1n) is 9.11. The number of carboxylic acid groups (broad SMARTS) is 1. The van der Waals surface area contributed by atoms with Gasteiger partial charge in [-0.25, -0.2) is 9.59 Å². The Morgan fingerprint density at radius 1 is 1.07 bits per heavy atom. The third-order valence-electron chi connectivity index (χ3n) is 4.53. The molecule has 0 unspecified atom stereocenters. The molecule has 150 valence electrons. The van der Waals surface area contributed by atoms with E-state index in [0.717, 1.165) is 22.0 Å². The third-order valence-corrected chi connectivity index (χ3v) is 4.53. The molecule has 3 rings (SSSR count). The van der Waals surface area contributed by atoms with Crippen molar-refractivity contribution in [1.82, 2.24) is 15.6 Å². The van der Waals surface area contributed by atoms with Crippen LogP contribution < -0.4 is 16.0 Å². The standard InChI is InChI=1S/C21H22N4O4/c1-13-6-2-4-8-16(13)24-19(26)12-23-21(29)25-18(20(27)28)10-14-11-22-17-9-5-3-7-15(14)17/h2-9,11,18,22H,10,12H2,1H3,(H,24,26)(H,27,28)(H2,23,25,29)/t18-/m1/s1. The molecular formula is C21H22N4O4. The molecule has 0 spiro atoms. The molecule has 1 atom stereocenters. The topological polar surface area (TPSA) is 123 Å². The minimum absolute atomic E-state index is 0.113. The van der Waals surface area contributed by atoms with Gasteiger partial charge in [0.25, 0.3) is 0 Å². The number of nitrogens with one attached hydrogen (secondary N) is 4. The Hall–Kier alpha value is -3.81. The highest BCUT2D eigenvalue weighted by molar-refractivity contribution is 5.95. The summed E-state index contributed by atoms with van der Waals surface area (Å²) < 4.78 is 0. The van der Waals surface area contributed by atoms with Crippen molar-refractivity contribution in [3.8, 4) is 0 Å². The summed E-state index contributed by atoms with van der Waals surface area (Å²) in [5, 5.41) is 17.9. The average Bonchev–Trinajstić information content (AvgIpc) is 3.10. The van der Waals surface area contributed by atoms with Gasteiger partial charge in [-0.2, -0.15) is 0 Å². The number of hydrogen-bond acceptors (Lipinski definition) is 3. The predicted octanol–water partition coefficient (Wildman–Crippen LogP) is 2.41. The minimum Gasteiger partial charge on any atom is -0.480 e. The number of rotatable bonds is 7. The number of aromatic nitrogens is 1. The number of aryl methyl sites for hydroxylation is 1. The fourth-order valence-electron chi connectivity index (χ4n) is 3.00. The van der Waals surface area contributed by atoms with E-state index in [1.54, 1.807) is 18.3 Å². The number of amides is 3. The molecule has 3 amide bonds. The van der Waals surface area contributed by atoms with E-state index in [1.807, 2.05) is 43.3 Å². The van der Waals surface area contributed by atoms with Gasteiger partial charge >= 0.3 is 12.0 Å². The van der Waals surface area contributed by atoms with E-state index in [0.29, 0.717) is 5.69 Å². The molecule has 8 heteroatoms. The van der Waals surface area contributed by atoms with Gasteiger partial charge in [0.2, 0.25) is 5.91 Å². The quantitative estimate of drug-likeness (QED) is 0.422. The second kappa shape index (κ2) is 8.92. The van der Waals surface area contributed by atoms with Gasteiger partial charge in [-0.3, -0.25) is 4.79 Å². The van der Waals surface area contributed by atoms with E-state index in [2.05, 4.69) is 20.9 Å². The van der Waals surface area contributed by atoms with Gasteiger partial charge in [-0.05, 0) is 30.2 Å². The molecule has 0 aliphatic carbocycles. The Morgan fingerprint density at radius 2 is 1.79 bits per heavy atom. The molecule has 2 aromatic carbocycles. The van der Waals surface area contributed by atoms with E-state index < -0.39 is 23.9 Å². The van der Waals surface area contributed by atoms with Crippen LogP contribution in [0.15, 0.2) is 54.7 Å². The fraction of sp³-hybridized carbons (Fsp3) is 0.190. The molecule has 0 saturated heterocycles. The number of carboxylic acids is 1. The number of para-hydroxylation sites is 2. The zero-order chi connectivity index (χ0) is 20.8. The molecule has 0 radical (unpaired) electrons. The molecular weight excluding hydrogens is 372 g/mol. The number of aliphatic carboxylic acids is 1. The van der Waals surface area contributed by atoms with Crippen LogP contribution in [0.4, 0.5) is 10.5 Å². The molecule has 5 N–H and O–H groups in total. The first-order chi connectivity index (χ1) is 13.9. The Balaban J connectivity index is 1.55. The van der Waals surface area contributed by atoms with Crippen molar-refractivity contribution in [3.05, 3.63) is 65.9 Å². The maximum absolute atomic E-state index is 12.1. The number of carbonyl (C=O) groups is 3. The highest BCUT2D eigenvalue weighted by Gasteiger charge is 2.22. The fourth-order valence-corrected chi connectivity index (χ4v) is 3.00. The summed E-state index contributed by atoms with van der Waals surface area (Å²) in [5.74, 6) is -1.56. The minimum atomic E-state index is -1.16. The van der Waals surface area contributed by atoms with Crippen LogP contribution in [0, 0.1) is 6.92 Å². The van der Waals surface area contributed by atoms with Gasteiger partial charge in [-0.15, -0.1) is 0 Å². The van der Waals surface area contributed by atoms with E-state index in [4.69, 9.17) is 0 Å². The summed E-state index contributed by atoms with van der Waals surface area (Å²) in [6.45, 7) is 1.58. The zero-order valence-electron chi connectivity index (χ0n) is 15.9. The molecule has 29 heavy (non-hydrogen) atoms. The van der Waals surface area contributed by atoms with E-state index in [9.17, 15) is 19.5 Å². The molecule has 0 aliphatic heterocycles. The Morgan fingerprint density at radius 3 is 2.55 bits per heavy atom. The number of H-pyrrole nitrogens is 1. The lowest BCUT2D eigenvalue weighted by Crippen LogP contribution is -2.48. The lowest BCUT2D eigenvalue weighted by molar-refractivity contribution is -0.139. The normalized spacial score (nSPS) is 11.6. The van der Waals surface area contributed by atoms with Crippen molar-refractivity contribution in [1.29, 1.82) is 0 Å². The van der Waals surface area contributed by atoms with Gasteiger partial charge in [0, 0.05) is 29.2 Å². The van der Waals surface area contributed by atoms with E-state index in [1.165, 1.54) is 0 Å². The van der Waals surface area contributed by atoms with Crippen molar-refractivity contribution in [2.24, 2.45) is 0 Å². The number of carbonyl (C=O) groups excluding carboxylic acids is 2. The number of anilines is 1. The molecule has 0 aliphatic rings. The largest absolute Gasteiger partial charge is 0.480 e. The van der Waals surface area contributed by atoms with Crippen molar-refractivity contribution in [2.45, 2.75) is 19.4 Å². The summed E-state index contributed by atoms with van der Waals surface area (Å²) >= 11 is 0. The Bertz CT molecular complexity index is 1040. The van der Waals surface area contributed by atoms with Crippen LogP contribution in [0.25, 0.3) is 10.9 Å². The highest BCUT2D eigenvalue weighted by atomic mass is 16.4. The molecule has 3 aromatic rings. The van der Waals surface area contributed by atoms with E-state index in [-0.39, 0.29) is 13.0 Å². The van der Waals surface area contributed by atoms with Crippen LogP contribution in [-0.4, -0.2) is 40.6 Å². The van der Waals surface area contributed by atoms with Crippen molar-refractivity contribution in [2.75, 3.05) is 11.9 Å². The smallest absolute Gasteiger partial charge is 0.326 e. The van der Waals surface area contributed by atoms with Crippen LogP contribution in [0.2, 0.25) is 0 Å². The van der Waals surface area contributed by atoms with Gasteiger partial charge in [0.15, 0.2) is 0 Å². The van der Waals surface area contributed by atoms with Crippen molar-refractivity contribution < 1.29 is 19.5 Å². The lowest BCUT2D eigenvalue weighted by atomic mass is 10.1. The summed E-state index contributed by atoms with van der Waals surface area (Å²) in [5.41, 5.74) is 3.23. The maximum atomic E-state index is 12.1. The summed E-state index contributed by atoms with van der Waals surface area (Å²) in [4.78, 5) is 38.8. The average molecular weight is 394 g/mol. The first kappa shape index (κ1) is 19.9. The second-order valence-electron chi connectivity index (χ2n) is 6.64. The summed E-state index contributed by atoms with van der Waals surface area (Å²) in [6, 6.07) is 12.9. The number of aromatic amines is 1. The number of urea groups is 1. The highest BCUT2D eigenvalue weighted by Crippen LogP contribution is 2.19. The van der Waals surface area contributed by atoms with Crippen LogP contribution in [0.3, 0.4) is 0 Å². The Kier molecular flexibility index (Phi) is 6.13. The number of benzene rings is 2. The second-order valence-corrected chi connectivity index (χ2v) is 6.64. The van der Waals surface area contributed by atoms with Crippen LogP contribution >= 0.6 is 0 Å². The SMILES string of the molecule is Cc1ccccc1NC(=O)CNC(=O)N[C@H](Cc1c[nH]c2ccccc12)C(=O)O. The van der Waals surface area contributed by atoms with Gasteiger partial charge < -0.3 is 26.0 Å². The Labute approximate surface area is 167 Å². The lowest BCUT2D eigenvalue weighted by Gasteiger charge is -2.15. The van der Waals surface area contributed by atoms with Gasteiger partial charge in [0.05, 0.1) is 6.54 Å². The number of fused-ring (bicyclic) bond motifs is 1. The van der Waals surface area contributed by atoms with Crippen LogP contribution in [0.5, 0.6) is 0 Å². The number of hydrogen-bond donors (Lipinski definition) is 5. The predicted molar refractivity (Wildman–Crippen MR) is 110 cm³/mol. The zero-order valence-corrected chi connectivity index (χ0v) is 15.9. The molecule has 0 bridgehead atoms. The van der Waals surface area contributed by atoms with Gasteiger partial charge in [0.1, 0.15) is 6.04 Å². The third kappa shape index (κ3) is 5.13. The first-order valence-corrected chi connectivity index (χ1v) is 9.11. The molecule has 1 aromatic heterocycles. The van der Waals surface area contributed by atoms with Gasteiger partial charge in [-0.1, -0.05) is 36.4 Å². The summed E-state index contributed by atoms with van der Waals surface area (Å²) in [6.07, 6.45) is 1.85. The van der Waals surface area contributed by atoms with Crippen LogP contribution in [-0.2, 0) is 16.0 Å². The maximum Gasteiger partial charge on any atom is 0.326 e. The van der Waals surface area contributed by atoms with Crippen molar-refractivity contribution in [3.63, 3.8) is 0 Å². The monoisotopic (exact) mass is 394 g/mol. The molecule has 1 heterocycles. The van der Waals surface area contributed by atoms with Crippen LogP contribution in [0.1, 0.15) is 11.1 Å². The molecule has 0 saturated carbocycles. The van der Waals surface area contributed by atoms with Crippen molar-refractivity contribution >= 4 is 34.5 Å². The molecule has 0 fully saturated rings. The molecule has 8 nitrogen and oxygen atoms in total.